The van der Waals surface area contributed by atoms with E-state index in [0.29, 0.717) is 11.5 Å². The number of benzene rings is 1. The molecule has 0 heterocycles. The molecule has 0 aromatic heterocycles. The molecule has 0 unspecified atom stereocenters. The maximum atomic E-state index is 10.5. The Bertz CT molecular complexity index is 560. The first-order valence-electron chi connectivity index (χ1n) is 8.91. The van der Waals surface area contributed by atoms with Gasteiger partial charge in [0.2, 0.25) is 0 Å². The Morgan fingerprint density at radius 1 is 1.17 bits per heavy atom. The zero-order valence-electron chi connectivity index (χ0n) is 14.7. The third-order valence-electron chi connectivity index (χ3n) is 4.84. The van der Waals surface area contributed by atoms with Gasteiger partial charge in [0.25, 0.3) is 0 Å². The standard InChI is InChI=1S/C21H30O2/c1-4-6-7-9-16-13-19(22)21(20(23)14-16)18-12-15(3)10-11-17(18)8-5-2/h5,8,12-14,17-18,22-23H,4,6-7,9-11H2,1-3H3/t17-,18+/m0/s1. The Labute approximate surface area is 140 Å². The largest absolute Gasteiger partial charge is 0.507 e. The van der Waals surface area contributed by atoms with Gasteiger partial charge in [-0.15, -0.1) is 0 Å². The number of aromatic hydroxyl groups is 2. The molecule has 0 fully saturated rings. The van der Waals surface area contributed by atoms with Crippen LogP contribution in [0, 0.1) is 5.92 Å². The van der Waals surface area contributed by atoms with Crippen LogP contribution in [0.1, 0.15) is 69.9 Å². The van der Waals surface area contributed by atoms with Crippen molar-refractivity contribution in [2.24, 2.45) is 5.92 Å². The van der Waals surface area contributed by atoms with E-state index in [1.54, 1.807) is 0 Å². The summed E-state index contributed by atoms with van der Waals surface area (Å²) in [7, 11) is 0. The lowest BCUT2D eigenvalue weighted by Gasteiger charge is -2.29. The van der Waals surface area contributed by atoms with Crippen molar-refractivity contribution in [3.63, 3.8) is 0 Å². The highest BCUT2D eigenvalue weighted by Crippen LogP contribution is 2.44. The Balaban J connectivity index is 2.32. The molecular weight excluding hydrogens is 284 g/mol. The van der Waals surface area contributed by atoms with Gasteiger partial charge in [0.1, 0.15) is 11.5 Å². The SMILES string of the molecule is CC=C[C@H]1CCC(C)=C[C@H]1c1c(O)cc(CCCCC)cc1O. The van der Waals surface area contributed by atoms with Crippen LogP contribution in [-0.4, -0.2) is 10.2 Å². The second-order valence-electron chi connectivity index (χ2n) is 6.77. The Morgan fingerprint density at radius 3 is 2.48 bits per heavy atom. The minimum absolute atomic E-state index is 0.0599. The zero-order valence-corrected chi connectivity index (χ0v) is 14.7. The Morgan fingerprint density at radius 2 is 1.87 bits per heavy atom. The maximum absolute atomic E-state index is 10.5. The highest BCUT2D eigenvalue weighted by Gasteiger charge is 2.27. The summed E-state index contributed by atoms with van der Waals surface area (Å²) in [6, 6.07) is 3.68. The van der Waals surface area contributed by atoms with Crippen molar-refractivity contribution >= 4 is 0 Å². The van der Waals surface area contributed by atoms with Crippen LogP contribution in [-0.2, 0) is 6.42 Å². The number of phenols is 2. The highest BCUT2D eigenvalue weighted by atomic mass is 16.3. The molecule has 1 aromatic carbocycles. The third kappa shape index (κ3) is 4.40. The average molecular weight is 314 g/mol. The van der Waals surface area contributed by atoms with Crippen LogP contribution in [0.25, 0.3) is 0 Å². The Hall–Kier alpha value is -1.70. The monoisotopic (exact) mass is 314 g/mol. The van der Waals surface area contributed by atoms with Gasteiger partial charge in [-0.05, 0) is 63.1 Å². The van der Waals surface area contributed by atoms with E-state index in [-0.39, 0.29) is 17.4 Å². The van der Waals surface area contributed by atoms with Gasteiger partial charge in [-0.3, -0.25) is 0 Å². The molecule has 23 heavy (non-hydrogen) atoms. The number of hydrogen-bond acceptors (Lipinski definition) is 2. The van der Waals surface area contributed by atoms with Crippen molar-refractivity contribution in [1.82, 2.24) is 0 Å². The van der Waals surface area contributed by atoms with Crippen molar-refractivity contribution < 1.29 is 10.2 Å². The predicted molar refractivity (Wildman–Crippen MR) is 97.0 cm³/mol. The molecule has 1 aromatic rings. The van der Waals surface area contributed by atoms with Crippen molar-refractivity contribution in [1.29, 1.82) is 0 Å². The van der Waals surface area contributed by atoms with Crippen LogP contribution in [0.5, 0.6) is 11.5 Å². The fraction of sp³-hybridized carbons (Fsp3) is 0.524. The van der Waals surface area contributed by atoms with E-state index in [1.165, 1.54) is 18.4 Å². The number of unbranched alkanes of at least 4 members (excludes halogenated alkanes) is 2. The number of phenolic OH excluding ortho intramolecular Hbond substituents is 2. The summed E-state index contributed by atoms with van der Waals surface area (Å²) in [5, 5.41) is 21.1. The lowest BCUT2D eigenvalue weighted by molar-refractivity contribution is 0.411. The smallest absolute Gasteiger partial charge is 0.123 e. The van der Waals surface area contributed by atoms with Gasteiger partial charge in [0.15, 0.2) is 0 Å². The molecule has 2 nitrogen and oxygen atoms in total. The van der Waals surface area contributed by atoms with Crippen LogP contribution < -0.4 is 0 Å². The lowest BCUT2D eigenvalue weighted by atomic mass is 9.76. The first-order chi connectivity index (χ1) is 11.1. The van der Waals surface area contributed by atoms with Crippen molar-refractivity contribution in [2.75, 3.05) is 0 Å². The predicted octanol–water partition coefficient (Wildman–Crippen LogP) is 5.85. The molecule has 1 aliphatic rings. The second kappa shape index (κ2) is 8.24. The summed E-state index contributed by atoms with van der Waals surface area (Å²) in [5.74, 6) is 0.875. The quantitative estimate of drug-likeness (QED) is 0.511. The van der Waals surface area contributed by atoms with Gasteiger partial charge >= 0.3 is 0 Å². The van der Waals surface area contributed by atoms with E-state index in [9.17, 15) is 10.2 Å². The van der Waals surface area contributed by atoms with E-state index >= 15 is 0 Å². The molecular formula is C21H30O2. The first kappa shape index (κ1) is 17.7. The van der Waals surface area contributed by atoms with Gasteiger partial charge in [-0.1, -0.05) is 43.6 Å². The first-order valence-corrected chi connectivity index (χ1v) is 8.91. The summed E-state index contributed by atoms with van der Waals surface area (Å²) >= 11 is 0. The summed E-state index contributed by atoms with van der Waals surface area (Å²) in [4.78, 5) is 0. The molecule has 126 valence electrons. The minimum Gasteiger partial charge on any atom is -0.507 e. The van der Waals surface area contributed by atoms with Gasteiger partial charge in [0, 0.05) is 11.5 Å². The van der Waals surface area contributed by atoms with Crippen molar-refractivity contribution in [2.45, 2.75) is 65.2 Å². The van der Waals surface area contributed by atoms with E-state index in [4.69, 9.17) is 0 Å². The van der Waals surface area contributed by atoms with Crippen LogP contribution in [0.2, 0.25) is 0 Å². The molecule has 0 amide bonds. The molecule has 2 atom stereocenters. The fourth-order valence-corrected chi connectivity index (χ4v) is 3.59. The molecule has 1 aliphatic carbocycles. The normalized spacial score (nSPS) is 21.6. The van der Waals surface area contributed by atoms with Crippen molar-refractivity contribution in [3.05, 3.63) is 47.1 Å². The van der Waals surface area contributed by atoms with Crippen molar-refractivity contribution in [3.8, 4) is 11.5 Å². The molecule has 0 bridgehead atoms. The third-order valence-corrected chi connectivity index (χ3v) is 4.84. The number of aryl methyl sites for hydroxylation is 1. The summed E-state index contributed by atoms with van der Waals surface area (Å²) in [6.45, 7) is 6.34. The summed E-state index contributed by atoms with van der Waals surface area (Å²) in [5.41, 5.74) is 3.05. The van der Waals surface area contributed by atoms with Crippen LogP contribution in [0.4, 0.5) is 0 Å². The van der Waals surface area contributed by atoms with Crippen LogP contribution >= 0.6 is 0 Å². The van der Waals surface area contributed by atoms with Gasteiger partial charge < -0.3 is 10.2 Å². The minimum atomic E-state index is 0.0599. The molecule has 0 saturated heterocycles. The molecule has 2 rings (SSSR count). The van der Waals surface area contributed by atoms with E-state index < -0.39 is 0 Å². The fourth-order valence-electron chi connectivity index (χ4n) is 3.59. The summed E-state index contributed by atoms with van der Waals surface area (Å²) in [6.07, 6.45) is 13.0. The van der Waals surface area contributed by atoms with Gasteiger partial charge in [0.05, 0.1) is 0 Å². The van der Waals surface area contributed by atoms with Crippen LogP contribution in [0.15, 0.2) is 35.9 Å². The van der Waals surface area contributed by atoms with Crippen LogP contribution in [0.3, 0.4) is 0 Å². The van der Waals surface area contributed by atoms with E-state index in [0.717, 1.165) is 31.2 Å². The number of allylic oxidation sites excluding steroid dienone is 4. The second-order valence-corrected chi connectivity index (χ2v) is 6.77. The Kier molecular flexibility index (Phi) is 6.32. The molecule has 2 heteroatoms. The molecule has 0 spiro atoms. The summed E-state index contributed by atoms with van der Waals surface area (Å²) < 4.78 is 0. The van der Waals surface area contributed by atoms with Gasteiger partial charge in [-0.2, -0.15) is 0 Å². The van der Waals surface area contributed by atoms with E-state index in [2.05, 4.69) is 32.1 Å². The number of rotatable bonds is 6. The number of hydrogen-bond donors (Lipinski definition) is 2. The average Bonchev–Trinajstić information content (AvgIpc) is 2.49. The lowest BCUT2D eigenvalue weighted by Crippen LogP contribution is -2.14. The van der Waals surface area contributed by atoms with Gasteiger partial charge in [-0.25, -0.2) is 0 Å². The molecule has 0 saturated carbocycles. The molecule has 0 aliphatic heterocycles. The molecule has 0 radical (unpaired) electrons. The topological polar surface area (TPSA) is 40.5 Å². The molecule has 2 N–H and O–H groups in total. The highest BCUT2D eigenvalue weighted by molar-refractivity contribution is 5.51. The zero-order chi connectivity index (χ0) is 16.8. The van der Waals surface area contributed by atoms with E-state index in [1.807, 2.05) is 19.1 Å². The maximum Gasteiger partial charge on any atom is 0.123 e.